The zero-order valence-corrected chi connectivity index (χ0v) is 11.6. The molecule has 0 spiro atoms. The van der Waals surface area contributed by atoms with Gasteiger partial charge in [0.05, 0.1) is 5.02 Å². The summed E-state index contributed by atoms with van der Waals surface area (Å²) in [5.74, 6) is -2.52. The van der Waals surface area contributed by atoms with Crippen molar-refractivity contribution in [3.8, 4) is 0 Å². The molecule has 0 saturated carbocycles. The minimum Gasteiger partial charge on any atom is -0.480 e. The lowest BCUT2D eigenvalue weighted by atomic mass is 9.86. The molecular formula is C13H15ClFNO3. The van der Waals surface area contributed by atoms with Crippen LogP contribution in [0.1, 0.15) is 31.1 Å². The third kappa shape index (κ3) is 3.92. The van der Waals surface area contributed by atoms with Crippen molar-refractivity contribution in [2.45, 2.75) is 26.8 Å². The third-order valence-corrected chi connectivity index (χ3v) is 2.88. The van der Waals surface area contributed by atoms with E-state index in [1.54, 1.807) is 20.8 Å². The summed E-state index contributed by atoms with van der Waals surface area (Å²) < 4.78 is 13.2. The van der Waals surface area contributed by atoms with Crippen molar-refractivity contribution < 1.29 is 19.1 Å². The van der Waals surface area contributed by atoms with E-state index in [0.717, 1.165) is 6.07 Å². The van der Waals surface area contributed by atoms with E-state index in [1.165, 1.54) is 12.1 Å². The van der Waals surface area contributed by atoms with Crippen LogP contribution < -0.4 is 5.32 Å². The molecule has 1 aromatic rings. The Morgan fingerprint density at radius 1 is 1.37 bits per heavy atom. The van der Waals surface area contributed by atoms with Crippen molar-refractivity contribution >= 4 is 23.5 Å². The zero-order valence-electron chi connectivity index (χ0n) is 10.8. The molecule has 1 amide bonds. The monoisotopic (exact) mass is 287 g/mol. The summed E-state index contributed by atoms with van der Waals surface area (Å²) in [7, 11) is 0. The van der Waals surface area contributed by atoms with Gasteiger partial charge in [-0.1, -0.05) is 32.4 Å². The van der Waals surface area contributed by atoms with Crippen molar-refractivity contribution in [2.75, 3.05) is 0 Å². The smallest absolute Gasteiger partial charge is 0.326 e. The molecule has 0 aliphatic heterocycles. The van der Waals surface area contributed by atoms with Crippen molar-refractivity contribution in [2.24, 2.45) is 5.41 Å². The van der Waals surface area contributed by atoms with Crippen molar-refractivity contribution in [1.82, 2.24) is 5.32 Å². The lowest BCUT2D eigenvalue weighted by Crippen LogP contribution is -2.49. The molecule has 0 saturated heterocycles. The number of aliphatic carboxylic acids is 1. The van der Waals surface area contributed by atoms with E-state index in [4.69, 9.17) is 16.7 Å². The zero-order chi connectivity index (χ0) is 14.8. The Morgan fingerprint density at radius 2 is 1.95 bits per heavy atom. The molecule has 0 unspecified atom stereocenters. The van der Waals surface area contributed by atoms with E-state index in [9.17, 15) is 14.0 Å². The molecule has 4 nitrogen and oxygen atoms in total. The van der Waals surface area contributed by atoms with Crippen LogP contribution >= 0.6 is 11.6 Å². The maximum Gasteiger partial charge on any atom is 0.326 e. The molecule has 6 heteroatoms. The van der Waals surface area contributed by atoms with Gasteiger partial charge in [0.2, 0.25) is 0 Å². The van der Waals surface area contributed by atoms with Gasteiger partial charge in [-0.25, -0.2) is 9.18 Å². The van der Waals surface area contributed by atoms with Crippen LogP contribution in [0.3, 0.4) is 0 Å². The average molecular weight is 288 g/mol. The maximum atomic E-state index is 13.2. The lowest BCUT2D eigenvalue weighted by Gasteiger charge is -2.27. The summed E-state index contributed by atoms with van der Waals surface area (Å²) in [6.07, 6.45) is 0. The second-order valence-electron chi connectivity index (χ2n) is 5.24. The van der Waals surface area contributed by atoms with Crippen molar-refractivity contribution in [1.29, 1.82) is 0 Å². The minimum atomic E-state index is -1.14. The molecule has 0 fully saturated rings. The summed E-state index contributed by atoms with van der Waals surface area (Å²) in [4.78, 5) is 23.0. The van der Waals surface area contributed by atoms with Gasteiger partial charge in [-0.05, 0) is 23.6 Å². The standard InChI is InChI=1S/C13H15ClFNO3/c1-13(2,3)10(12(18)19)16-11(17)7-4-5-8(14)9(15)6-7/h4-6,10H,1-3H3,(H,16,17)(H,18,19)/t10-/m0/s1. The van der Waals surface area contributed by atoms with E-state index in [0.29, 0.717) is 0 Å². The summed E-state index contributed by atoms with van der Waals surface area (Å²) in [5.41, 5.74) is -0.635. The fourth-order valence-corrected chi connectivity index (χ4v) is 1.62. The number of carboxylic acid groups (broad SMARTS) is 1. The molecule has 1 atom stereocenters. The second-order valence-corrected chi connectivity index (χ2v) is 5.65. The number of carbonyl (C=O) groups excluding carboxylic acids is 1. The highest BCUT2D eigenvalue weighted by Gasteiger charge is 2.32. The van der Waals surface area contributed by atoms with Crippen LogP contribution in [-0.2, 0) is 4.79 Å². The predicted molar refractivity (Wildman–Crippen MR) is 69.8 cm³/mol. The fraction of sp³-hybridized carbons (Fsp3) is 0.385. The third-order valence-electron chi connectivity index (χ3n) is 2.57. The van der Waals surface area contributed by atoms with Crippen LogP contribution in [0.25, 0.3) is 0 Å². The Labute approximate surface area is 115 Å². The van der Waals surface area contributed by atoms with Crippen LogP contribution in [0, 0.1) is 11.2 Å². The van der Waals surface area contributed by atoms with Crippen LogP contribution in [0.2, 0.25) is 5.02 Å². The van der Waals surface area contributed by atoms with Gasteiger partial charge in [-0.3, -0.25) is 4.79 Å². The predicted octanol–water partition coefficient (Wildman–Crippen LogP) is 2.71. The van der Waals surface area contributed by atoms with Gasteiger partial charge in [0.1, 0.15) is 11.9 Å². The van der Waals surface area contributed by atoms with Gasteiger partial charge < -0.3 is 10.4 Å². The fourth-order valence-electron chi connectivity index (χ4n) is 1.50. The Hall–Kier alpha value is -1.62. The molecule has 2 N–H and O–H groups in total. The number of halogens is 2. The highest BCUT2D eigenvalue weighted by molar-refractivity contribution is 6.30. The SMILES string of the molecule is CC(C)(C)[C@@H](NC(=O)c1ccc(Cl)c(F)c1)C(=O)O. The first-order chi connectivity index (χ1) is 8.62. The highest BCUT2D eigenvalue weighted by atomic mass is 35.5. The number of hydrogen-bond donors (Lipinski definition) is 2. The topological polar surface area (TPSA) is 66.4 Å². The van der Waals surface area contributed by atoms with Gasteiger partial charge in [0.25, 0.3) is 5.91 Å². The molecule has 1 aromatic carbocycles. The van der Waals surface area contributed by atoms with E-state index < -0.39 is 29.2 Å². The van der Waals surface area contributed by atoms with Crippen LogP contribution in [0.4, 0.5) is 4.39 Å². The van der Waals surface area contributed by atoms with Crippen LogP contribution in [0.5, 0.6) is 0 Å². The number of benzene rings is 1. The molecule has 1 rings (SSSR count). The van der Waals surface area contributed by atoms with Crippen LogP contribution in [-0.4, -0.2) is 23.0 Å². The van der Waals surface area contributed by atoms with E-state index in [-0.39, 0.29) is 10.6 Å². The van der Waals surface area contributed by atoms with Gasteiger partial charge in [0.15, 0.2) is 0 Å². The van der Waals surface area contributed by atoms with Crippen molar-refractivity contribution in [3.63, 3.8) is 0 Å². The van der Waals surface area contributed by atoms with Gasteiger partial charge in [0, 0.05) is 5.56 Å². The Kier molecular flexibility index (Phi) is 4.52. The summed E-state index contributed by atoms with van der Waals surface area (Å²) >= 11 is 5.51. The number of nitrogens with one attached hydrogen (secondary N) is 1. The number of carbonyl (C=O) groups is 2. The highest BCUT2D eigenvalue weighted by Crippen LogP contribution is 2.21. The Balaban J connectivity index is 2.94. The normalized spacial score (nSPS) is 12.9. The number of amides is 1. The summed E-state index contributed by atoms with van der Waals surface area (Å²) in [6.45, 7) is 5.07. The molecule has 104 valence electrons. The van der Waals surface area contributed by atoms with E-state index in [2.05, 4.69) is 5.32 Å². The Morgan fingerprint density at radius 3 is 2.37 bits per heavy atom. The van der Waals surface area contributed by atoms with E-state index >= 15 is 0 Å². The van der Waals surface area contributed by atoms with Gasteiger partial charge in [-0.15, -0.1) is 0 Å². The second kappa shape index (κ2) is 5.57. The molecule has 0 aromatic heterocycles. The molecule has 0 aliphatic carbocycles. The average Bonchev–Trinajstić information content (AvgIpc) is 2.27. The largest absolute Gasteiger partial charge is 0.480 e. The first-order valence-corrected chi connectivity index (χ1v) is 5.99. The van der Waals surface area contributed by atoms with Gasteiger partial charge in [-0.2, -0.15) is 0 Å². The van der Waals surface area contributed by atoms with E-state index in [1.807, 2.05) is 0 Å². The lowest BCUT2D eigenvalue weighted by molar-refractivity contribution is -0.142. The number of carboxylic acids is 1. The first kappa shape index (κ1) is 15.4. The number of rotatable bonds is 3. The summed E-state index contributed by atoms with van der Waals surface area (Å²) in [5, 5.41) is 11.4. The molecular weight excluding hydrogens is 273 g/mol. The molecule has 19 heavy (non-hydrogen) atoms. The molecule has 0 aliphatic rings. The van der Waals surface area contributed by atoms with Crippen molar-refractivity contribution in [3.05, 3.63) is 34.6 Å². The first-order valence-electron chi connectivity index (χ1n) is 5.61. The molecule has 0 heterocycles. The quantitative estimate of drug-likeness (QED) is 0.898. The maximum absolute atomic E-state index is 13.2. The Bertz CT molecular complexity index is 511. The van der Waals surface area contributed by atoms with Crippen LogP contribution in [0.15, 0.2) is 18.2 Å². The minimum absolute atomic E-state index is 0.0254. The molecule has 0 radical (unpaired) electrons. The van der Waals surface area contributed by atoms with Gasteiger partial charge >= 0.3 is 5.97 Å². The summed E-state index contributed by atoms with van der Waals surface area (Å²) in [6, 6.07) is 2.49. The number of hydrogen-bond acceptors (Lipinski definition) is 2. The molecule has 0 bridgehead atoms.